The van der Waals surface area contributed by atoms with E-state index in [2.05, 4.69) is 10.3 Å². The Morgan fingerprint density at radius 1 is 1.56 bits per heavy atom. The summed E-state index contributed by atoms with van der Waals surface area (Å²) < 4.78 is 0.628. The summed E-state index contributed by atoms with van der Waals surface area (Å²) in [5, 5.41) is 14.9. The van der Waals surface area contributed by atoms with Crippen LogP contribution in [0, 0.1) is 20.6 Å². The number of nitrogens with one attached hydrogen (secondary N) is 1. The third-order valence-corrected chi connectivity index (χ3v) is 4.06. The average molecular weight is 375 g/mol. The van der Waals surface area contributed by atoms with Gasteiger partial charge in [0.1, 0.15) is 0 Å². The highest BCUT2D eigenvalue weighted by molar-refractivity contribution is 14.1. The predicted molar refractivity (Wildman–Crippen MR) is 80.0 cm³/mol. The smallest absolute Gasteiger partial charge is 0.282 e. The molecular formula is C11H10IN3O2S. The molecule has 1 N–H and O–H groups in total. The number of halogens is 1. The van der Waals surface area contributed by atoms with Crippen molar-refractivity contribution in [3.05, 3.63) is 48.0 Å². The summed E-state index contributed by atoms with van der Waals surface area (Å²) in [4.78, 5) is 15.6. The van der Waals surface area contributed by atoms with E-state index in [0.29, 0.717) is 10.1 Å². The van der Waals surface area contributed by atoms with Crippen molar-refractivity contribution in [2.75, 3.05) is 5.32 Å². The summed E-state index contributed by atoms with van der Waals surface area (Å²) in [5.41, 5.74) is 1.01. The van der Waals surface area contributed by atoms with Gasteiger partial charge in [-0.15, -0.1) is 11.3 Å². The standard InChI is InChI=1S/C11H10IN3O2S/c1-7-13-5-9(18-7)6-14-8-2-3-11(15(16)17)10(12)4-8/h2-5,14H,6H2,1H3. The van der Waals surface area contributed by atoms with Crippen LogP contribution in [-0.4, -0.2) is 9.91 Å². The summed E-state index contributed by atoms with van der Waals surface area (Å²) in [6.45, 7) is 2.64. The molecule has 1 aromatic carbocycles. The summed E-state index contributed by atoms with van der Waals surface area (Å²) >= 11 is 3.60. The van der Waals surface area contributed by atoms with Crippen LogP contribution < -0.4 is 5.32 Å². The van der Waals surface area contributed by atoms with Crippen molar-refractivity contribution in [1.82, 2.24) is 4.98 Å². The molecule has 0 aliphatic heterocycles. The Morgan fingerprint density at radius 3 is 2.89 bits per heavy atom. The summed E-state index contributed by atoms with van der Waals surface area (Å²) in [5.74, 6) is 0. The lowest BCUT2D eigenvalue weighted by molar-refractivity contribution is -0.385. The zero-order chi connectivity index (χ0) is 13.1. The fourth-order valence-electron chi connectivity index (χ4n) is 1.44. The minimum Gasteiger partial charge on any atom is -0.380 e. The highest BCUT2D eigenvalue weighted by Gasteiger charge is 2.11. The number of nitro groups is 1. The zero-order valence-corrected chi connectivity index (χ0v) is 12.5. The lowest BCUT2D eigenvalue weighted by Gasteiger charge is -2.05. The molecule has 0 bridgehead atoms. The molecule has 0 saturated heterocycles. The van der Waals surface area contributed by atoms with Crippen LogP contribution in [0.4, 0.5) is 11.4 Å². The third-order valence-electron chi connectivity index (χ3n) is 2.28. The first kappa shape index (κ1) is 13.2. The highest BCUT2D eigenvalue weighted by Crippen LogP contribution is 2.24. The first-order valence-corrected chi connectivity index (χ1v) is 7.05. The van der Waals surface area contributed by atoms with Crippen molar-refractivity contribution in [2.45, 2.75) is 13.5 Å². The van der Waals surface area contributed by atoms with E-state index < -0.39 is 0 Å². The van der Waals surface area contributed by atoms with E-state index in [9.17, 15) is 10.1 Å². The van der Waals surface area contributed by atoms with Crippen molar-refractivity contribution >= 4 is 45.3 Å². The van der Waals surface area contributed by atoms with Gasteiger partial charge in [-0.2, -0.15) is 0 Å². The van der Waals surface area contributed by atoms with Crippen LogP contribution in [0.25, 0.3) is 0 Å². The maximum absolute atomic E-state index is 10.7. The van der Waals surface area contributed by atoms with Crippen LogP contribution in [0.5, 0.6) is 0 Å². The number of aromatic nitrogens is 1. The number of nitro benzene ring substituents is 1. The van der Waals surface area contributed by atoms with Gasteiger partial charge in [0.15, 0.2) is 0 Å². The van der Waals surface area contributed by atoms with Crippen LogP contribution >= 0.6 is 33.9 Å². The van der Waals surface area contributed by atoms with Gasteiger partial charge in [0.25, 0.3) is 5.69 Å². The van der Waals surface area contributed by atoms with Crippen LogP contribution in [0.15, 0.2) is 24.4 Å². The summed E-state index contributed by atoms with van der Waals surface area (Å²) in [7, 11) is 0. The molecule has 0 aliphatic rings. The fraction of sp³-hybridized carbons (Fsp3) is 0.182. The first-order valence-electron chi connectivity index (χ1n) is 5.15. The molecule has 0 atom stereocenters. The quantitative estimate of drug-likeness (QED) is 0.504. The van der Waals surface area contributed by atoms with Gasteiger partial charge in [-0.3, -0.25) is 10.1 Å². The lowest BCUT2D eigenvalue weighted by Crippen LogP contribution is -1.99. The molecule has 0 aliphatic carbocycles. The Hall–Kier alpha value is -1.22. The Bertz CT molecular complexity index is 585. The number of anilines is 1. The molecule has 0 radical (unpaired) electrons. The second-order valence-electron chi connectivity index (χ2n) is 3.62. The lowest BCUT2D eigenvalue weighted by atomic mass is 10.3. The van der Waals surface area contributed by atoms with Crippen LogP contribution in [0.3, 0.4) is 0 Å². The van der Waals surface area contributed by atoms with Crippen molar-refractivity contribution in [1.29, 1.82) is 0 Å². The van der Waals surface area contributed by atoms with E-state index in [4.69, 9.17) is 0 Å². The average Bonchev–Trinajstić information content (AvgIpc) is 2.72. The molecule has 1 heterocycles. The number of nitrogens with zero attached hydrogens (tertiary/aromatic N) is 2. The molecule has 5 nitrogen and oxygen atoms in total. The second kappa shape index (κ2) is 5.61. The van der Waals surface area contributed by atoms with Gasteiger partial charge in [-0.05, 0) is 41.6 Å². The first-order chi connectivity index (χ1) is 8.56. The number of hydrogen-bond acceptors (Lipinski definition) is 5. The minimum absolute atomic E-state index is 0.134. The van der Waals surface area contributed by atoms with E-state index in [1.54, 1.807) is 23.5 Å². The van der Waals surface area contributed by atoms with Crippen molar-refractivity contribution in [3.63, 3.8) is 0 Å². The molecule has 0 spiro atoms. The molecule has 1 aromatic heterocycles. The second-order valence-corrected chi connectivity index (χ2v) is 6.10. The van der Waals surface area contributed by atoms with Crippen LogP contribution in [0.2, 0.25) is 0 Å². The molecule has 7 heteroatoms. The van der Waals surface area contributed by atoms with Gasteiger partial charge in [-0.25, -0.2) is 4.98 Å². The zero-order valence-electron chi connectivity index (χ0n) is 9.51. The molecule has 0 saturated carbocycles. The van der Waals surface area contributed by atoms with Crippen LogP contribution in [0.1, 0.15) is 9.88 Å². The normalized spacial score (nSPS) is 10.3. The van der Waals surface area contributed by atoms with Crippen molar-refractivity contribution in [2.24, 2.45) is 0 Å². The van der Waals surface area contributed by atoms with E-state index >= 15 is 0 Å². The molecule has 94 valence electrons. The molecule has 2 rings (SSSR count). The van der Waals surface area contributed by atoms with Gasteiger partial charge in [0, 0.05) is 22.8 Å². The maximum atomic E-state index is 10.7. The largest absolute Gasteiger partial charge is 0.380 e. The molecule has 0 amide bonds. The molecule has 0 fully saturated rings. The summed E-state index contributed by atoms with van der Waals surface area (Å²) in [6, 6.07) is 5.00. The number of aryl methyl sites for hydroxylation is 1. The van der Waals surface area contributed by atoms with E-state index in [-0.39, 0.29) is 10.6 Å². The van der Waals surface area contributed by atoms with Gasteiger partial charge < -0.3 is 5.32 Å². The minimum atomic E-state index is -0.377. The maximum Gasteiger partial charge on any atom is 0.282 e. The van der Waals surface area contributed by atoms with E-state index in [0.717, 1.165) is 15.6 Å². The number of hydrogen-bond donors (Lipinski definition) is 1. The SMILES string of the molecule is Cc1ncc(CNc2ccc([N+](=O)[O-])c(I)c2)s1. The number of thiazole rings is 1. The summed E-state index contributed by atoms with van der Waals surface area (Å²) in [6.07, 6.45) is 1.84. The predicted octanol–water partition coefficient (Wildman–Crippen LogP) is 3.58. The monoisotopic (exact) mass is 375 g/mol. The van der Waals surface area contributed by atoms with Gasteiger partial charge in [0.05, 0.1) is 20.0 Å². The van der Waals surface area contributed by atoms with E-state index in [1.807, 2.05) is 35.7 Å². The Labute approximate surface area is 122 Å². The Balaban J connectivity index is 2.06. The van der Waals surface area contributed by atoms with Crippen LogP contribution in [-0.2, 0) is 6.54 Å². The Kier molecular flexibility index (Phi) is 4.12. The van der Waals surface area contributed by atoms with Gasteiger partial charge >= 0.3 is 0 Å². The Morgan fingerprint density at radius 2 is 2.33 bits per heavy atom. The highest BCUT2D eigenvalue weighted by atomic mass is 127. The molecule has 2 aromatic rings. The third kappa shape index (κ3) is 3.16. The van der Waals surface area contributed by atoms with Gasteiger partial charge in [-0.1, -0.05) is 0 Å². The molecule has 0 unspecified atom stereocenters. The molecular weight excluding hydrogens is 365 g/mol. The van der Waals surface area contributed by atoms with Gasteiger partial charge in [0.2, 0.25) is 0 Å². The van der Waals surface area contributed by atoms with Crippen molar-refractivity contribution < 1.29 is 4.92 Å². The topological polar surface area (TPSA) is 68.1 Å². The van der Waals surface area contributed by atoms with Crippen molar-refractivity contribution in [3.8, 4) is 0 Å². The van der Waals surface area contributed by atoms with E-state index in [1.165, 1.54) is 6.07 Å². The fourth-order valence-corrected chi connectivity index (χ4v) is 2.89. The number of benzene rings is 1. The number of rotatable bonds is 4. The molecule has 18 heavy (non-hydrogen) atoms.